The van der Waals surface area contributed by atoms with Crippen LogP contribution in [0, 0.1) is 31.6 Å². The monoisotopic (exact) mass is 166 g/mol. The first-order chi connectivity index (χ1) is 5.59. The van der Waals surface area contributed by atoms with Gasteiger partial charge in [-0.3, -0.25) is 4.79 Å². The van der Waals surface area contributed by atoms with E-state index in [4.69, 9.17) is 18.6 Å². The minimum atomic E-state index is -0.248. The third-order valence-corrected chi connectivity index (χ3v) is 2.29. The maximum Gasteiger partial charge on any atom is 0.302 e. The molecule has 0 heterocycles. The lowest BCUT2D eigenvalue weighted by Crippen LogP contribution is -2.14. The van der Waals surface area contributed by atoms with Gasteiger partial charge in [-0.1, -0.05) is 0 Å². The van der Waals surface area contributed by atoms with Gasteiger partial charge in [0.05, 0.1) is 6.61 Å². The second kappa shape index (κ2) is 3.92. The minimum Gasteiger partial charge on any atom is -0.466 e. The molecule has 1 rings (SSSR count). The molecule has 0 bridgehead atoms. The third-order valence-electron chi connectivity index (χ3n) is 2.29. The molecule has 2 heteroatoms. The molecular formula is C10H14O2. The van der Waals surface area contributed by atoms with Crippen LogP contribution in [0.3, 0.4) is 0 Å². The number of carbonyl (C=O) groups excluding carboxylic acids is 1. The van der Waals surface area contributed by atoms with Crippen molar-refractivity contribution < 1.29 is 9.53 Å². The smallest absolute Gasteiger partial charge is 0.302 e. The summed E-state index contributed by atoms with van der Waals surface area (Å²) in [6.45, 7) is 13.3. The van der Waals surface area contributed by atoms with Crippen LogP contribution in [0.2, 0.25) is 0 Å². The summed E-state index contributed by atoms with van der Waals surface area (Å²) >= 11 is 0. The van der Waals surface area contributed by atoms with Crippen molar-refractivity contribution in [3.05, 3.63) is 13.8 Å². The zero-order chi connectivity index (χ0) is 9.14. The van der Waals surface area contributed by atoms with E-state index in [1.807, 2.05) is 0 Å². The van der Waals surface area contributed by atoms with E-state index in [2.05, 4.69) is 0 Å². The summed E-state index contributed by atoms with van der Waals surface area (Å²) in [6.07, 6.45) is 1.71. The van der Waals surface area contributed by atoms with Crippen molar-refractivity contribution in [2.45, 2.75) is 19.8 Å². The Bertz CT molecular complexity index is 165. The predicted molar refractivity (Wildman–Crippen MR) is 44.9 cm³/mol. The highest BCUT2D eigenvalue weighted by atomic mass is 16.5. The van der Waals surface area contributed by atoms with E-state index >= 15 is 0 Å². The number of carbonyl (C=O) groups is 1. The largest absolute Gasteiger partial charge is 0.466 e. The van der Waals surface area contributed by atoms with Gasteiger partial charge < -0.3 is 4.74 Å². The number of hydrogen-bond acceptors (Lipinski definition) is 2. The lowest BCUT2D eigenvalue weighted by atomic mass is 9.99. The van der Waals surface area contributed by atoms with E-state index in [1.165, 1.54) is 6.92 Å². The van der Waals surface area contributed by atoms with Crippen LogP contribution in [0.1, 0.15) is 19.8 Å². The number of rotatable bonds is 2. The summed E-state index contributed by atoms with van der Waals surface area (Å²) < 4.78 is 4.87. The second-order valence-electron chi connectivity index (χ2n) is 3.46. The standard InChI is InChI=1S/C10H14O2/c1-7-4-8(2)10(5-7)6-12-9(3)11/h1-2,7-8,10H,4-6H2,3H3. The molecule has 0 amide bonds. The second-order valence-corrected chi connectivity index (χ2v) is 3.46. The fourth-order valence-corrected chi connectivity index (χ4v) is 1.62. The van der Waals surface area contributed by atoms with Crippen LogP contribution in [0.25, 0.3) is 0 Å². The average Bonchev–Trinajstić information content (AvgIpc) is 2.26. The van der Waals surface area contributed by atoms with E-state index in [0.29, 0.717) is 6.61 Å². The molecule has 0 spiro atoms. The van der Waals surface area contributed by atoms with Crippen LogP contribution in [-0.4, -0.2) is 12.6 Å². The van der Waals surface area contributed by atoms with Gasteiger partial charge in [-0.15, -0.1) is 0 Å². The van der Waals surface area contributed by atoms with Crippen molar-refractivity contribution in [3.63, 3.8) is 0 Å². The van der Waals surface area contributed by atoms with Gasteiger partial charge in [0.2, 0.25) is 0 Å². The van der Waals surface area contributed by atoms with Crippen LogP contribution >= 0.6 is 0 Å². The lowest BCUT2D eigenvalue weighted by Gasteiger charge is -2.13. The van der Waals surface area contributed by atoms with Crippen molar-refractivity contribution in [2.75, 3.05) is 6.61 Å². The van der Waals surface area contributed by atoms with Crippen molar-refractivity contribution in [2.24, 2.45) is 17.8 Å². The highest BCUT2D eigenvalue weighted by Crippen LogP contribution is 2.35. The molecule has 0 saturated heterocycles. The Kier molecular flexibility index (Phi) is 3.12. The Balaban J connectivity index is 2.28. The lowest BCUT2D eigenvalue weighted by molar-refractivity contribution is -0.142. The Morgan fingerprint density at radius 3 is 2.58 bits per heavy atom. The van der Waals surface area contributed by atoms with Gasteiger partial charge in [-0.05, 0) is 44.4 Å². The van der Waals surface area contributed by atoms with Crippen molar-refractivity contribution in [1.29, 1.82) is 0 Å². The summed E-state index contributed by atoms with van der Waals surface area (Å²) in [7, 11) is 0. The van der Waals surface area contributed by atoms with Gasteiger partial charge in [-0.2, -0.15) is 0 Å². The quantitative estimate of drug-likeness (QED) is 0.582. The van der Waals surface area contributed by atoms with E-state index in [-0.39, 0.29) is 23.7 Å². The van der Waals surface area contributed by atoms with Crippen LogP contribution < -0.4 is 0 Å². The summed E-state index contributed by atoms with van der Waals surface area (Å²) in [4.78, 5) is 10.5. The van der Waals surface area contributed by atoms with Gasteiger partial charge in [0.1, 0.15) is 0 Å². The highest BCUT2D eigenvalue weighted by molar-refractivity contribution is 5.65. The molecule has 3 unspecified atom stereocenters. The fourth-order valence-electron chi connectivity index (χ4n) is 1.62. The van der Waals surface area contributed by atoms with Gasteiger partial charge >= 0.3 is 5.97 Å². The van der Waals surface area contributed by atoms with E-state index in [0.717, 1.165) is 12.8 Å². The summed E-state index contributed by atoms with van der Waals surface area (Å²) in [5, 5.41) is 0. The van der Waals surface area contributed by atoms with Gasteiger partial charge in [-0.25, -0.2) is 0 Å². The maximum absolute atomic E-state index is 10.5. The Labute approximate surface area is 74.3 Å². The highest BCUT2D eigenvalue weighted by Gasteiger charge is 2.29. The van der Waals surface area contributed by atoms with E-state index < -0.39 is 0 Å². The van der Waals surface area contributed by atoms with Crippen molar-refractivity contribution >= 4 is 5.97 Å². The maximum atomic E-state index is 10.5. The van der Waals surface area contributed by atoms with Gasteiger partial charge in [0.25, 0.3) is 0 Å². The van der Waals surface area contributed by atoms with Crippen LogP contribution in [0.4, 0.5) is 0 Å². The Hall–Kier alpha value is -0.530. The average molecular weight is 166 g/mol. The first-order valence-corrected chi connectivity index (χ1v) is 4.24. The molecule has 3 atom stereocenters. The first kappa shape index (κ1) is 9.56. The van der Waals surface area contributed by atoms with Crippen molar-refractivity contribution in [1.82, 2.24) is 0 Å². The molecule has 0 aromatic heterocycles. The number of hydrogen-bond donors (Lipinski definition) is 0. The van der Waals surface area contributed by atoms with Gasteiger partial charge in [0, 0.05) is 6.92 Å². The zero-order valence-corrected chi connectivity index (χ0v) is 7.32. The molecule has 0 aliphatic heterocycles. The zero-order valence-electron chi connectivity index (χ0n) is 7.32. The third kappa shape index (κ3) is 2.50. The SMILES string of the molecule is [CH]C1CC([CH])C(COC(C)=O)C1. The number of ether oxygens (including phenoxy) is 1. The van der Waals surface area contributed by atoms with Crippen LogP contribution in [-0.2, 0) is 9.53 Å². The fraction of sp³-hybridized carbons (Fsp3) is 0.700. The first-order valence-electron chi connectivity index (χ1n) is 4.24. The Morgan fingerprint density at radius 1 is 1.50 bits per heavy atom. The number of esters is 1. The molecule has 4 radical (unpaired) electrons. The molecule has 1 aliphatic carbocycles. The molecule has 0 aromatic rings. The molecule has 12 heavy (non-hydrogen) atoms. The molecule has 1 aliphatic rings. The molecule has 1 fully saturated rings. The molecule has 1 saturated carbocycles. The minimum absolute atomic E-state index is 0.0966. The molecular weight excluding hydrogens is 152 g/mol. The van der Waals surface area contributed by atoms with E-state index in [9.17, 15) is 4.79 Å². The topological polar surface area (TPSA) is 26.3 Å². The summed E-state index contributed by atoms with van der Waals surface area (Å²) in [6, 6.07) is 0. The molecule has 0 N–H and O–H groups in total. The molecule has 66 valence electrons. The molecule has 2 nitrogen and oxygen atoms in total. The predicted octanol–water partition coefficient (Wildman–Crippen LogP) is 1.61. The Morgan fingerprint density at radius 2 is 2.17 bits per heavy atom. The van der Waals surface area contributed by atoms with Crippen molar-refractivity contribution in [3.8, 4) is 0 Å². The molecule has 0 aromatic carbocycles. The van der Waals surface area contributed by atoms with Crippen LogP contribution in [0.5, 0.6) is 0 Å². The van der Waals surface area contributed by atoms with E-state index in [1.54, 1.807) is 0 Å². The van der Waals surface area contributed by atoms with Gasteiger partial charge in [0.15, 0.2) is 0 Å². The van der Waals surface area contributed by atoms with Crippen LogP contribution in [0.15, 0.2) is 0 Å². The normalized spacial score (nSPS) is 35.1. The summed E-state index contributed by atoms with van der Waals surface area (Å²) in [5.41, 5.74) is 0. The summed E-state index contributed by atoms with van der Waals surface area (Å²) in [5.74, 6) is 0.284.